The molecule has 2 heterocycles. The fourth-order valence-electron chi connectivity index (χ4n) is 3.35. The van der Waals surface area contributed by atoms with E-state index in [4.69, 9.17) is 14.9 Å². The minimum Gasteiger partial charge on any atom is -0.479 e. The van der Waals surface area contributed by atoms with Crippen molar-refractivity contribution in [3.63, 3.8) is 0 Å². The van der Waals surface area contributed by atoms with Crippen molar-refractivity contribution in [2.45, 2.75) is 19.6 Å². The lowest BCUT2D eigenvalue weighted by molar-refractivity contribution is -0.144. The zero-order chi connectivity index (χ0) is 23.9. The first kappa shape index (κ1) is 22.7. The lowest BCUT2D eigenvalue weighted by atomic mass is 10.1. The van der Waals surface area contributed by atoms with Gasteiger partial charge in [-0.1, -0.05) is 30.3 Å². The summed E-state index contributed by atoms with van der Waals surface area (Å²) in [7, 11) is 0. The van der Waals surface area contributed by atoms with Crippen molar-refractivity contribution >= 4 is 17.8 Å². The first-order valence-electron chi connectivity index (χ1n) is 10.7. The molecule has 0 amide bonds. The highest BCUT2D eigenvalue weighted by atomic mass is 16.5. The molecule has 2 aromatic heterocycles. The van der Waals surface area contributed by atoms with Gasteiger partial charge in [0.1, 0.15) is 11.4 Å². The molecule has 0 fully saturated rings. The van der Waals surface area contributed by atoms with Gasteiger partial charge in [0.15, 0.2) is 11.9 Å². The van der Waals surface area contributed by atoms with Crippen molar-refractivity contribution in [2.24, 2.45) is 0 Å². The predicted octanol–water partition coefficient (Wildman–Crippen LogP) is 4.74. The molecular weight excluding hydrogens is 430 g/mol. The normalized spacial score (nSPS) is 11.9. The number of rotatable bonds is 9. The monoisotopic (exact) mass is 453 g/mol. The molecule has 0 saturated heterocycles. The van der Waals surface area contributed by atoms with Crippen molar-refractivity contribution in [1.82, 2.24) is 14.8 Å². The Labute approximate surface area is 197 Å². The Balaban J connectivity index is 1.55. The van der Waals surface area contributed by atoms with Crippen LogP contribution in [0.4, 0.5) is 0 Å². The van der Waals surface area contributed by atoms with Gasteiger partial charge in [0, 0.05) is 35.3 Å². The number of ether oxygens (including phenoxy) is 1. The number of carbonyl (C=O) groups is 2. The van der Waals surface area contributed by atoms with Crippen molar-refractivity contribution in [3.8, 4) is 17.0 Å². The molecule has 0 spiro atoms. The first-order valence-corrected chi connectivity index (χ1v) is 10.7. The summed E-state index contributed by atoms with van der Waals surface area (Å²) in [5.74, 6) is -0.859. The van der Waals surface area contributed by atoms with E-state index in [1.54, 1.807) is 42.7 Å². The van der Waals surface area contributed by atoms with E-state index in [1.165, 1.54) is 13.0 Å². The average molecular weight is 453 g/mol. The number of allylic oxidation sites excluding steroid dienone is 1. The highest BCUT2D eigenvalue weighted by Gasteiger charge is 2.13. The molecule has 7 heteroatoms. The largest absolute Gasteiger partial charge is 0.479 e. The minimum absolute atomic E-state index is 0.189. The second-order valence-corrected chi connectivity index (χ2v) is 7.68. The van der Waals surface area contributed by atoms with Gasteiger partial charge in [-0.3, -0.25) is 14.5 Å². The standard InChI is InChI=1S/C27H23N3O4/c1-19(27(32)33)34-24-12-9-21(10-13-24)25(31)14-11-23-18-30(17-20-6-3-2-4-7-20)29-26(23)22-8-5-15-28-16-22/h2-16,18-19H,17H2,1H3,(H,32,33)/b14-11+. The molecule has 0 aliphatic carbocycles. The van der Waals surface area contributed by atoms with Crippen LogP contribution >= 0.6 is 0 Å². The molecule has 4 aromatic rings. The number of carbonyl (C=O) groups excluding carboxylic acids is 1. The van der Waals surface area contributed by atoms with E-state index in [0.717, 1.165) is 22.4 Å². The van der Waals surface area contributed by atoms with E-state index >= 15 is 0 Å². The number of carboxylic acids is 1. The Morgan fingerprint density at radius 2 is 1.82 bits per heavy atom. The number of pyridine rings is 1. The number of carboxylic acid groups (broad SMARTS) is 1. The molecule has 0 bridgehead atoms. The van der Waals surface area contributed by atoms with Gasteiger partial charge in [-0.05, 0) is 61.0 Å². The fourth-order valence-corrected chi connectivity index (χ4v) is 3.35. The third-order valence-electron chi connectivity index (χ3n) is 5.13. The Morgan fingerprint density at radius 1 is 1.06 bits per heavy atom. The number of benzene rings is 2. The Morgan fingerprint density at radius 3 is 2.50 bits per heavy atom. The molecule has 0 saturated carbocycles. The summed E-state index contributed by atoms with van der Waals surface area (Å²) < 4.78 is 7.16. The number of hydrogen-bond acceptors (Lipinski definition) is 5. The SMILES string of the molecule is CC(Oc1ccc(C(=O)/C=C/c2cn(Cc3ccccc3)nc2-c2cccnc2)cc1)C(=O)O. The summed E-state index contributed by atoms with van der Waals surface area (Å²) in [6.07, 6.45) is 7.62. The minimum atomic E-state index is -1.06. The van der Waals surface area contributed by atoms with Gasteiger partial charge in [-0.25, -0.2) is 4.79 Å². The number of aromatic nitrogens is 3. The van der Waals surface area contributed by atoms with Crippen LogP contribution in [0.3, 0.4) is 0 Å². The van der Waals surface area contributed by atoms with Crippen LogP contribution in [0.1, 0.15) is 28.4 Å². The van der Waals surface area contributed by atoms with E-state index in [9.17, 15) is 9.59 Å². The third kappa shape index (κ3) is 5.63. The third-order valence-corrected chi connectivity index (χ3v) is 5.13. The summed E-state index contributed by atoms with van der Waals surface area (Å²) in [4.78, 5) is 27.9. The summed E-state index contributed by atoms with van der Waals surface area (Å²) in [5, 5.41) is 13.7. The Hall–Kier alpha value is -4.52. The molecule has 4 rings (SSSR count). The van der Waals surface area contributed by atoms with Crippen LogP contribution in [0.2, 0.25) is 0 Å². The number of nitrogens with zero attached hydrogens (tertiary/aromatic N) is 3. The summed E-state index contributed by atoms with van der Waals surface area (Å²) in [5.41, 5.74) is 3.97. The quantitative estimate of drug-likeness (QED) is 0.291. The van der Waals surface area contributed by atoms with E-state index in [2.05, 4.69) is 4.98 Å². The molecule has 2 aromatic carbocycles. The summed E-state index contributed by atoms with van der Waals surface area (Å²) in [6.45, 7) is 2.05. The van der Waals surface area contributed by atoms with Gasteiger partial charge in [-0.2, -0.15) is 5.10 Å². The van der Waals surface area contributed by atoms with Crippen LogP contribution in [0.25, 0.3) is 17.3 Å². The maximum atomic E-state index is 12.7. The average Bonchev–Trinajstić information content (AvgIpc) is 3.26. The molecule has 1 atom stereocenters. The van der Waals surface area contributed by atoms with Gasteiger partial charge in [-0.15, -0.1) is 0 Å². The highest BCUT2D eigenvalue weighted by Crippen LogP contribution is 2.23. The van der Waals surface area contributed by atoms with Crippen LogP contribution in [0.5, 0.6) is 5.75 Å². The first-order chi connectivity index (χ1) is 16.5. The summed E-state index contributed by atoms with van der Waals surface area (Å²) >= 11 is 0. The van der Waals surface area contributed by atoms with Crippen LogP contribution in [0.15, 0.2) is 91.4 Å². The van der Waals surface area contributed by atoms with Crippen molar-refractivity contribution < 1.29 is 19.4 Å². The van der Waals surface area contributed by atoms with Crippen LogP contribution < -0.4 is 4.74 Å². The zero-order valence-electron chi connectivity index (χ0n) is 18.5. The second kappa shape index (κ2) is 10.4. The molecule has 1 N–H and O–H groups in total. The molecule has 0 aliphatic heterocycles. The lowest BCUT2D eigenvalue weighted by Gasteiger charge is -2.10. The van der Waals surface area contributed by atoms with Crippen LogP contribution in [-0.4, -0.2) is 37.7 Å². The van der Waals surface area contributed by atoms with Gasteiger partial charge < -0.3 is 9.84 Å². The Kier molecular flexibility index (Phi) is 6.93. The van der Waals surface area contributed by atoms with Crippen molar-refractivity contribution in [1.29, 1.82) is 0 Å². The van der Waals surface area contributed by atoms with Gasteiger partial charge in [0.25, 0.3) is 0 Å². The molecular formula is C27H23N3O4. The topological polar surface area (TPSA) is 94.3 Å². The summed E-state index contributed by atoms with van der Waals surface area (Å²) in [6, 6.07) is 20.2. The van der Waals surface area contributed by atoms with E-state index in [-0.39, 0.29) is 5.78 Å². The predicted molar refractivity (Wildman–Crippen MR) is 129 cm³/mol. The maximum Gasteiger partial charge on any atom is 0.344 e. The molecule has 7 nitrogen and oxygen atoms in total. The van der Waals surface area contributed by atoms with E-state index in [1.807, 2.05) is 53.3 Å². The van der Waals surface area contributed by atoms with Gasteiger partial charge in [0.2, 0.25) is 0 Å². The molecule has 0 aliphatic rings. The van der Waals surface area contributed by atoms with E-state index in [0.29, 0.717) is 17.9 Å². The van der Waals surface area contributed by atoms with Crippen LogP contribution in [0, 0.1) is 0 Å². The van der Waals surface area contributed by atoms with Crippen LogP contribution in [-0.2, 0) is 11.3 Å². The molecule has 34 heavy (non-hydrogen) atoms. The fraction of sp³-hybridized carbons (Fsp3) is 0.111. The number of hydrogen-bond donors (Lipinski definition) is 1. The smallest absolute Gasteiger partial charge is 0.344 e. The van der Waals surface area contributed by atoms with E-state index < -0.39 is 12.1 Å². The van der Waals surface area contributed by atoms with Crippen molar-refractivity contribution in [2.75, 3.05) is 0 Å². The lowest BCUT2D eigenvalue weighted by Crippen LogP contribution is -2.22. The number of aliphatic carboxylic acids is 1. The molecule has 0 radical (unpaired) electrons. The second-order valence-electron chi connectivity index (χ2n) is 7.68. The van der Waals surface area contributed by atoms with Gasteiger partial charge >= 0.3 is 5.97 Å². The molecule has 170 valence electrons. The van der Waals surface area contributed by atoms with Gasteiger partial charge in [0.05, 0.1) is 6.54 Å². The maximum absolute atomic E-state index is 12.7. The van der Waals surface area contributed by atoms with Crippen molar-refractivity contribution in [3.05, 3.63) is 108 Å². The highest BCUT2D eigenvalue weighted by molar-refractivity contribution is 6.07. The Bertz CT molecular complexity index is 1300. The molecule has 1 unspecified atom stereocenters. The zero-order valence-corrected chi connectivity index (χ0v) is 18.5. The number of ketones is 1.